The van der Waals surface area contributed by atoms with Crippen LogP contribution in [0.5, 0.6) is 0 Å². The summed E-state index contributed by atoms with van der Waals surface area (Å²) in [4.78, 5) is 52.4. The summed E-state index contributed by atoms with van der Waals surface area (Å²) in [7, 11) is 0. The monoisotopic (exact) mass is 648 g/mol. The molecule has 3 amide bonds. The van der Waals surface area contributed by atoms with Crippen LogP contribution < -0.4 is 15.1 Å². The van der Waals surface area contributed by atoms with E-state index in [2.05, 4.69) is 15.3 Å². The molecule has 2 unspecified atom stereocenters. The number of carbonyl (C=O) groups excluding carboxylic acids is 3. The van der Waals surface area contributed by atoms with Crippen LogP contribution in [0.3, 0.4) is 0 Å². The molecule has 2 aliphatic rings. The minimum atomic E-state index is -2.95. The van der Waals surface area contributed by atoms with Crippen LogP contribution in [0.2, 0.25) is 5.02 Å². The Bertz CT molecular complexity index is 1860. The molecule has 1 saturated heterocycles. The van der Waals surface area contributed by atoms with Crippen LogP contribution in [0, 0.1) is 17.1 Å². The number of anilines is 2. The lowest BCUT2D eigenvalue weighted by atomic mass is 9.87. The molecule has 1 saturated carbocycles. The van der Waals surface area contributed by atoms with Crippen LogP contribution >= 0.6 is 11.6 Å². The zero-order chi connectivity index (χ0) is 32.6. The fourth-order valence-electron chi connectivity index (χ4n) is 5.73. The molecular weight excluding hydrogens is 625 g/mol. The van der Waals surface area contributed by atoms with Gasteiger partial charge < -0.3 is 9.73 Å². The van der Waals surface area contributed by atoms with Crippen molar-refractivity contribution in [2.45, 2.75) is 49.7 Å². The van der Waals surface area contributed by atoms with Crippen molar-refractivity contribution in [2.75, 3.05) is 9.80 Å². The maximum absolute atomic E-state index is 15.3. The number of hydrogen-bond donors (Lipinski definition) is 1. The molecule has 10 nitrogen and oxygen atoms in total. The van der Waals surface area contributed by atoms with Crippen LogP contribution in [0.4, 0.5) is 24.7 Å². The highest BCUT2D eigenvalue weighted by Crippen LogP contribution is 2.40. The number of nitrogens with zero attached hydrogens (tertiary/aromatic N) is 5. The van der Waals surface area contributed by atoms with E-state index >= 15 is 4.39 Å². The molecule has 0 radical (unpaired) electrons. The quantitative estimate of drug-likeness (QED) is 0.264. The first kappa shape index (κ1) is 30.8. The third-order valence-electron chi connectivity index (χ3n) is 7.84. The molecule has 2 aromatic carbocycles. The minimum absolute atomic E-state index is 0.000247. The zero-order valence-corrected chi connectivity index (χ0v) is 24.6. The second-order valence-corrected chi connectivity index (χ2v) is 11.4. The minimum Gasteiger partial charge on any atom is -0.445 e. The van der Waals surface area contributed by atoms with Gasteiger partial charge in [-0.05, 0) is 42.8 Å². The standard InChI is InChI=1S/C32H24ClF3N6O4/c33-24-4-2-1-3-23(24)28(29(44)40-21-15-32(35,36)16-21)41(22-13-19(12-20(34)14-22)30-39-9-10-46-30)31(45)25-5-6-27(43)42(25)26-11-18(17-37)7-8-38-26/h1-4,7-14,21,25,28H,5-6,15-16H2,(H,40,44). The number of nitrogens with one attached hydrogen (secondary N) is 1. The number of amides is 3. The van der Waals surface area contributed by atoms with E-state index < -0.39 is 60.4 Å². The van der Waals surface area contributed by atoms with Gasteiger partial charge in [-0.3, -0.25) is 24.2 Å². The Kier molecular flexibility index (Phi) is 8.22. The summed E-state index contributed by atoms with van der Waals surface area (Å²) in [6.45, 7) is 0. The van der Waals surface area contributed by atoms with Crippen molar-refractivity contribution >= 4 is 40.8 Å². The molecule has 2 fully saturated rings. The van der Waals surface area contributed by atoms with Gasteiger partial charge in [0.05, 0.1) is 17.8 Å². The Morgan fingerprint density at radius 3 is 2.61 bits per heavy atom. The predicted octanol–water partition coefficient (Wildman–Crippen LogP) is 5.58. The summed E-state index contributed by atoms with van der Waals surface area (Å²) in [5, 5.41) is 12.1. The highest BCUT2D eigenvalue weighted by atomic mass is 35.5. The number of carbonyl (C=O) groups is 3. The van der Waals surface area contributed by atoms with E-state index in [4.69, 9.17) is 16.0 Å². The maximum atomic E-state index is 15.3. The van der Waals surface area contributed by atoms with Crippen molar-refractivity contribution in [3.8, 4) is 17.5 Å². The van der Waals surface area contributed by atoms with Gasteiger partial charge in [-0.2, -0.15) is 5.26 Å². The van der Waals surface area contributed by atoms with Crippen molar-refractivity contribution < 1.29 is 32.0 Å². The number of oxazole rings is 1. The van der Waals surface area contributed by atoms with Crippen molar-refractivity contribution in [2.24, 2.45) is 0 Å². The van der Waals surface area contributed by atoms with Crippen molar-refractivity contribution in [3.05, 3.63) is 95.2 Å². The average molecular weight is 649 g/mol. The van der Waals surface area contributed by atoms with Gasteiger partial charge in [0.1, 0.15) is 30.0 Å². The fourth-order valence-corrected chi connectivity index (χ4v) is 5.97. The van der Waals surface area contributed by atoms with E-state index in [0.29, 0.717) is 0 Å². The Morgan fingerprint density at radius 2 is 1.91 bits per heavy atom. The number of alkyl halides is 2. The molecule has 0 bridgehead atoms. The first-order valence-electron chi connectivity index (χ1n) is 14.2. The van der Waals surface area contributed by atoms with E-state index in [1.807, 2.05) is 6.07 Å². The van der Waals surface area contributed by atoms with Crippen LogP contribution in [-0.4, -0.2) is 45.7 Å². The SMILES string of the molecule is N#Cc1ccnc(N2C(=O)CCC2C(=O)N(c2cc(F)cc(-c3ncco3)c2)C(C(=O)NC2CC(F)(F)C2)c2ccccc2Cl)c1. The van der Waals surface area contributed by atoms with Crippen molar-refractivity contribution in [1.29, 1.82) is 5.26 Å². The molecule has 14 heteroatoms. The van der Waals surface area contributed by atoms with Crippen molar-refractivity contribution in [3.63, 3.8) is 0 Å². The number of aromatic nitrogens is 2. The molecular formula is C32H24ClF3N6O4. The van der Waals surface area contributed by atoms with Crippen LogP contribution in [0.1, 0.15) is 42.9 Å². The van der Waals surface area contributed by atoms with Gasteiger partial charge in [-0.25, -0.2) is 23.1 Å². The van der Waals surface area contributed by atoms with Gasteiger partial charge in [0, 0.05) is 53.3 Å². The summed E-state index contributed by atoms with van der Waals surface area (Å²) in [6.07, 6.45) is 2.70. The molecule has 1 aliphatic heterocycles. The van der Waals surface area contributed by atoms with E-state index in [9.17, 15) is 28.4 Å². The molecule has 234 valence electrons. The first-order valence-corrected chi connectivity index (χ1v) is 14.6. The number of pyridine rings is 1. The highest BCUT2D eigenvalue weighted by Gasteiger charge is 2.48. The maximum Gasteiger partial charge on any atom is 0.252 e. The highest BCUT2D eigenvalue weighted by molar-refractivity contribution is 6.31. The molecule has 46 heavy (non-hydrogen) atoms. The van der Waals surface area contributed by atoms with E-state index in [1.165, 1.54) is 49.0 Å². The summed E-state index contributed by atoms with van der Waals surface area (Å²) in [6, 6.07) is 10.7. The largest absolute Gasteiger partial charge is 0.445 e. The lowest BCUT2D eigenvalue weighted by Gasteiger charge is -2.39. The molecule has 6 rings (SSSR count). The third kappa shape index (κ3) is 6.03. The lowest BCUT2D eigenvalue weighted by molar-refractivity contribution is -0.133. The zero-order valence-electron chi connectivity index (χ0n) is 23.9. The van der Waals surface area contributed by atoms with Crippen molar-refractivity contribution in [1.82, 2.24) is 15.3 Å². The van der Waals surface area contributed by atoms with Crippen LogP contribution in [0.15, 0.2) is 77.7 Å². The van der Waals surface area contributed by atoms with Gasteiger partial charge in [0.2, 0.25) is 17.7 Å². The van der Waals surface area contributed by atoms with Crippen LogP contribution in [-0.2, 0) is 14.4 Å². The summed E-state index contributed by atoms with van der Waals surface area (Å²) in [5.41, 5.74) is 0.343. The molecule has 3 heterocycles. The summed E-state index contributed by atoms with van der Waals surface area (Å²) < 4.78 is 48.1. The number of halogens is 4. The summed E-state index contributed by atoms with van der Waals surface area (Å²) in [5.74, 6) is -5.80. The van der Waals surface area contributed by atoms with E-state index in [1.54, 1.807) is 12.1 Å². The predicted molar refractivity (Wildman–Crippen MR) is 159 cm³/mol. The van der Waals surface area contributed by atoms with Gasteiger partial charge >= 0.3 is 0 Å². The van der Waals surface area contributed by atoms with E-state index in [-0.39, 0.29) is 52.0 Å². The smallest absolute Gasteiger partial charge is 0.252 e. The van der Waals surface area contributed by atoms with E-state index in [0.717, 1.165) is 21.9 Å². The molecule has 2 aromatic heterocycles. The molecule has 0 spiro atoms. The lowest BCUT2D eigenvalue weighted by Crippen LogP contribution is -2.56. The second kappa shape index (κ2) is 12.3. The second-order valence-electron chi connectivity index (χ2n) is 11.0. The topological polar surface area (TPSA) is 132 Å². The Labute approximate surface area is 265 Å². The van der Waals surface area contributed by atoms with Crippen LogP contribution in [0.25, 0.3) is 11.5 Å². The molecule has 1 N–H and O–H groups in total. The third-order valence-corrected chi connectivity index (χ3v) is 8.18. The molecule has 1 aliphatic carbocycles. The fraction of sp³-hybridized carbons (Fsp3) is 0.250. The van der Waals surface area contributed by atoms with Gasteiger partial charge in [-0.1, -0.05) is 29.8 Å². The first-order chi connectivity index (χ1) is 22.0. The van der Waals surface area contributed by atoms with Gasteiger partial charge in [0.15, 0.2) is 0 Å². The number of rotatable bonds is 8. The Morgan fingerprint density at radius 1 is 1.13 bits per heavy atom. The van der Waals surface area contributed by atoms with Gasteiger partial charge in [-0.15, -0.1) is 0 Å². The Hall–Kier alpha value is -5.22. The normalized spacial score (nSPS) is 18.0. The summed E-state index contributed by atoms with van der Waals surface area (Å²) >= 11 is 6.57. The number of nitriles is 1. The Balaban J connectivity index is 1.50. The number of hydrogen-bond acceptors (Lipinski definition) is 7. The van der Waals surface area contributed by atoms with Gasteiger partial charge in [0.25, 0.3) is 11.8 Å². The molecule has 2 atom stereocenters. The number of benzene rings is 2. The average Bonchev–Trinajstić information content (AvgIpc) is 3.69. The molecule has 4 aromatic rings.